The molecule has 4 heteroatoms. The topological polar surface area (TPSA) is 52.6 Å². The van der Waals surface area contributed by atoms with Crippen molar-refractivity contribution >= 4 is 11.8 Å². The number of Topliss-reactive ketones (excluding diaryl/α,β-unsaturated/α-hetero) is 1. The zero-order valence-corrected chi connectivity index (χ0v) is 10.8. The minimum Gasteiger partial charge on any atom is -0.467 e. The van der Waals surface area contributed by atoms with Crippen LogP contribution in [0.3, 0.4) is 0 Å². The number of carbonyl (C=O) groups excluding carboxylic acids is 2. The molecule has 1 heterocycles. The van der Waals surface area contributed by atoms with E-state index in [1.54, 1.807) is 0 Å². The van der Waals surface area contributed by atoms with Gasteiger partial charge in [-0.05, 0) is 5.56 Å². The van der Waals surface area contributed by atoms with Crippen molar-refractivity contribution < 1.29 is 19.1 Å². The van der Waals surface area contributed by atoms with Crippen LogP contribution in [0.5, 0.6) is 0 Å². The number of benzene rings is 1. The molecule has 0 aromatic heterocycles. The minimum atomic E-state index is -1.53. The first-order valence-electron chi connectivity index (χ1n) is 6.09. The molecule has 0 spiro atoms. The number of ether oxygens (including phenoxy) is 2. The molecule has 0 amide bonds. The molecule has 1 aromatic rings. The molecule has 0 bridgehead atoms. The predicted octanol–water partition coefficient (Wildman–Crippen LogP) is 2.21. The maximum atomic E-state index is 12.2. The molecule has 4 nitrogen and oxygen atoms in total. The summed E-state index contributed by atoms with van der Waals surface area (Å²) in [5, 5.41) is 0. The van der Waals surface area contributed by atoms with E-state index in [2.05, 4.69) is 6.58 Å². The standard InChI is InChI=1S/C15H16O4/c1-3-9-15(14(17)18-2)13(16)10-12(19-15)11-7-5-4-6-8-11/h3-8,12H,1,9-10H2,2H3/t12-,15+/m1/s1. The molecule has 1 aliphatic heterocycles. The molecule has 0 unspecified atom stereocenters. The average molecular weight is 260 g/mol. The summed E-state index contributed by atoms with van der Waals surface area (Å²) < 4.78 is 10.5. The van der Waals surface area contributed by atoms with Crippen molar-refractivity contribution in [2.45, 2.75) is 24.5 Å². The lowest BCUT2D eigenvalue weighted by Gasteiger charge is -2.23. The molecule has 1 aliphatic rings. The second-order valence-corrected chi connectivity index (χ2v) is 4.46. The van der Waals surface area contributed by atoms with Crippen LogP contribution in [0.25, 0.3) is 0 Å². The lowest BCUT2D eigenvalue weighted by molar-refractivity contribution is -0.170. The number of esters is 1. The van der Waals surface area contributed by atoms with E-state index in [0.29, 0.717) is 0 Å². The Balaban J connectivity index is 2.31. The van der Waals surface area contributed by atoms with Gasteiger partial charge in [0.2, 0.25) is 5.60 Å². The lowest BCUT2D eigenvalue weighted by atomic mass is 9.93. The van der Waals surface area contributed by atoms with Crippen LogP contribution in [0.15, 0.2) is 43.0 Å². The van der Waals surface area contributed by atoms with E-state index in [9.17, 15) is 9.59 Å². The summed E-state index contributed by atoms with van der Waals surface area (Å²) in [6.45, 7) is 3.58. The van der Waals surface area contributed by atoms with Gasteiger partial charge >= 0.3 is 5.97 Å². The molecule has 0 saturated carbocycles. The summed E-state index contributed by atoms with van der Waals surface area (Å²) >= 11 is 0. The molecule has 19 heavy (non-hydrogen) atoms. The molecule has 0 aliphatic carbocycles. The van der Waals surface area contributed by atoms with Crippen molar-refractivity contribution in [1.29, 1.82) is 0 Å². The van der Waals surface area contributed by atoms with Crippen LogP contribution in [0.2, 0.25) is 0 Å². The fourth-order valence-corrected chi connectivity index (χ4v) is 2.31. The normalized spacial score (nSPS) is 26.2. The van der Waals surface area contributed by atoms with Gasteiger partial charge in [0.15, 0.2) is 5.78 Å². The van der Waals surface area contributed by atoms with E-state index >= 15 is 0 Å². The van der Waals surface area contributed by atoms with Crippen molar-refractivity contribution in [3.8, 4) is 0 Å². The highest BCUT2D eigenvalue weighted by Gasteiger charge is 2.54. The molecule has 1 fully saturated rings. The fourth-order valence-electron chi connectivity index (χ4n) is 2.31. The quantitative estimate of drug-likeness (QED) is 0.473. The van der Waals surface area contributed by atoms with Crippen LogP contribution in [-0.4, -0.2) is 24.5 Å². The van der Waals surface area contributed by atoms with Gasteiger partial charge < -0.3 is 9.47 Å². The van der Waals surface area contributed by atoms with Crippen molar-refractivity contribution in [3.05, 3.63) is 48.6 Å². The smallest absolute Gasteiger partial charge is 0.346 e. The van der Waals surface area contributed by atoms with Gasteiger partial charge in [-0.1, -0.05) is 36.4 Å². The summed E-state index contributed by atoms with van der Waals surface area (Å²) in [7, 11) is 1.25. The van der Waals surface area contributed by atoms with Crippen molar-refractivity contribution in [2.75, 3.05) is 7.11 Å². The molecule has 2 atom stereocenters. The SMILES string of the molecule is C=CC[C@]1(C(=O)OC)O[C@@H](c2ccccc2)CC1=O. The van der Waals surface area contributed by atoms with Gasteiger partial charge in [-0.3, -0.25) is 4.79 Å². The van der Waals surface area contributed by atoms with Crippen molar-refractivity contribution in [2.24, 2.45) is 0 Å². The fraction of sp³-hybridized carbons (Fsp3) is 0.333. The van der Waals surface area contributed by atoms with Crippen LogP contribution in [0, 0.1) is 0 Å². The van der Waals surface area contributed by atoms with Crippen LogP contribution in [0.4, 0.5) is 0 Å². The predicted molar refractivity (Wildman–Crippen MR) is 69.5 cm³/mol. The molecule has 1 aromatic carbocycles. The zero-order valence-electron chi connectivity index (χ0n) is 10.8. The lowest BCUT2D eigenvalue weighted by Crippen LogP contribution is -2.45. The van der Waals surface area contributed by atoms with Gasteiger partial charge in [-0.15, -0.1) is 6.58 Å². The average Bonchev–Trinajstić information content (AvgIpc) is 2.78. The van der Waals surface area contributed by atoms with E-state index in [0.717, 1.165) is 5.56 Å². The Bertz CT molecular complexity index is 494. The van der Waals surface area contributed by atoms with E-state index in [1.165, 1.54) is 13.2 Å². The molecule has 0 radical (unpaired) electrons. The molecule has 2 rings (SSSR count). The molecule has 0 N–H and O–H groups in total. The number of rotatable bonds is 4. The van der Waals surface area contributed by atoms with Gasteiger partial charge in [0.25, 0.3) is 0 Å². The minimum absolute atomic E-state index is 0.127. The van der Waals surface area contributed by atoms with Crippen LogP contribution in [0.1, 0.15) is 24.5 Å². The van der Waals surface area contributed by atoms with Gasteiger partial charge in [-0.25, -0.2) is 4.79 Å². The summed E-state index contributed by atoms with van der Waals surface area (Å²) in [6.07, 6.45) is 1.39. The highest BCUT2D eigenvalue weighted by atomic mass is 16.6. The first-order valence-corrected chi connectivity index (χ1v) is 6.09. The third-order valence-corrected chi connectivity index (χ3v) is 3.28. The molecule has 100 valence electrons. The summed E-state index contributed by atoms with van der Waals surface area (Å²) in [5.41, 5.74) is -0.650. The Labute approximate surface area is 112 Å². The van der Waals surface area contributed by atoms with E-state index < -0.39 is 17.7 Å². The number of hydrogen-bond acceptors (Lipinski definition) is 4. The van der Waals surface area contributed by atoms with Gasteiger partial charge in [0, 0.05) is 12.8 Å². The highest BCUT2D eigenvalue weighted by molar-refractivity contribution is 6.09. The zero-order chi connectivity index (χ0) is 13.9. The third kappa shape index (κ3) is 2.31. The summed E-state index contributed by atoms with van der Waals surface area (Å²) in [5.74, 6) is -0.913. The van der Waals surface area contributed by atoms with Crippen molar-refractivity contribution in [3.63, 3.8) is 0 Å². The maximum Gasteiger partial charge on any atom is 0.346 e. The van der Waals surface area contributed by atoms with Gasteiger partial charge in [0.05, 0.1) is 13.2 Å². The van der Waals surface area contributed by atoms with Crippen molar-refractivity contribution in [1.82, 2.24) is 0 Å². The van der Waals surface area contributed by atoms with Crippen LogP contribution >= 0.6 is 0 Å². The Kier molecular flexibility index (Phi) is 3.81. The number of carbonyl (C=O) groups is 2. The first-order chi connectivity index (χ1) is 9.14. The highest BCUT2D eigenvalue weighted by Crippen LogP contribution is 2.39. The number of ketones is 1. The number of hydrogen-bond donors (Lipinski definition) is 0. The Morgan fingerprint density at radius 1 is 1.53 bits per heavy atom. The van der Waals surface area contributed by atoms with Crippen LogP contribution < -0.4 is 0 Å². The van der Waals surface area contributed by atoms with Crippen LogP contribution in [-0.2, 0) is 19.1 Å². The largest absolute Gasteiger partial charge is 0.467 e. The Hall–Kier alpha value is -1.94. The van der Waals surface area contributed by atoms with Gasteiger partial charge in [0.1, 0.15) is 0 Å². The Morgan fingerprint density at radius 3 is 2.79 bits per heavy atom. The van der Waals surface area contributed by atoms with E-state index in [-0.39, 0.29) is 18.6 Å². The van der Waals surface area contributed by atoms with E-state index in [1.807, 2.05) is 30.3 Å². The third-order valence-electron chi connectivity index (χ3n) is 3.28. The summed E-state index contributed by atoms with van der Waals surface area (Å²) in [6, 6.07) is 9.37. The second kappa shape index (κ2) is 5.36. The maximum absolute atomic E-state index is 12.2. The van der Waals surface area contributed by atoms with Gasteiger partial charge in [-0.2, -0.15) is 0 Å². The molecule has 1 saturated heterocycles. The molecular weight excluding hydrogens is 244 g/mol. The van der Waals surface area contributed by atoms with E-state index in [4.69, 9.17) is 9.47 Å². The number of methoxy groups -OCH3 is 1. The second-order valence-electron chi connectivity index (χ2n) is 4.46. The Morgan fingerprint density at radius 2 is 2.21 bits per heavy atom. The molecular formula is C15H16O4. The monoisotopic (exact) mass is 260 g/mol. The summed E-state index contributed by atoms with van der Waals surface area (Å²) in [4.78, 5) is 24.1. The first kappa shape index (κ1) is 13.5.